The van der Waals surface area contributed by atoms with Gasteiger partial charge < -0.3 is 104 Å². The number of hydrogen-bond acceptors (Lipinski definition) is 25. The molecule has 19 atom stereocenters. The summed E-state index contributed by atoms with van der Waals surface area (Å²) >= 11 is 0. The Morgan fingerprint density at radius 1 is 0.357 bits per heavy atom. The van der Waals surface area contributed by atoms with E-state index < -0.39 is 211 Å². The Kier molecular flexibility index (Phi) is 69.3. The quantitative estimate of drug-likeness (QED) is 0.0117. The van der Waals surface area contributed by atoms with Gasteiger partial charge in [0.2, 0.25) is 17.7 Å². The molecule has 0 bridgehead atoms. The van der Waals surface area contributed by atoms with Crippen LogP contribution >= 0.6 is 7.82 Å². The zero-order chi connectivity index (χ0) is 94.7. The van der Waals surface area contributed by atoms with Gasteiger partial charge in [-0.05, 0) is 58.3 Å². The van der Waals surface area contributed by atoms with Crippen molar-refractivity contribution in [3.8, 4) is 0 Å². The predicted octanol–water partition coefficient (Wildman–Crippen LogP) is 17.2. The number of phosphoric acid groups is 1. The molecule has 3 fully saturated rings. The topological polar surface area (TPSA) is 436 Å². The Labute approximate surface area is 775 Å². The molecule has 0 saturated carbocycles. The SMILES string of the molecule is CCCCCCCCCCCC(=O)O[C@H](CCCCCCCCCCC)CC(=O)N[C@H]1[C@H](OC[C@H]2O[C@@H](OC)[C@H](NC(=O)C[C@@H](CCCCCCCCCCC)OC(=O)CCCCCCCCCCC)[C@@H](OC(=O)C[C@H](O)CCCCCCCCC)[C@@H]2O)O[C@H](CNC(=O)CCO[C@H]2O[C@@H](C)[C@H](O)[C@@H](O)[C@H]2O)[C@@H](OP(=O)(O)O)[C@@H]1OC(=O)C[C@H](O)CCCCCCCCC. The zero-order valence-corrected chi connectivity index (χ0v) is 81.9. The first kappa shape index (κ1) is 119. The summed E-state index contributed by atoms with van der Waals surface area (Å²) in [5.74, 6) is -5.36. The van der Waals surface area contributed by atoms with E-state index in [4.69, 9.17) is 51.9 Å². The van der Waals surface area contributed by atoms with E-state index in [1.54, 1.807) is 0 Å². The molecule has 3 amide bonds. The molecule has 0 aromatic heterocycles. The Morgan fingerprint density at radius 2 is 0.705 bits per heavy atom. The summed E-state index contributed by atoms with van der Waals surface area (Å²) in [5, 5.41) is 75.6. The van der Waals surface area contributed by atoms with Gasteiger partial charge in [-0.3, -0.25) is 38.1 Å². The van der Waals surface area contributed by atoms with Crippen LogP contribution in [0.15, 0.2) is 0 Å². The second-order valence-electron chi connectivity index (χ2n) is 37.0. The van der Waals surface area contributed by atoms with Crippen LogP contribution in [0.4, 0.5) is 0 Å². The van der Waals surface area contributed by atoms with Crippen LogP contribution in [0, 0.1) is 0 Å². The second kappa shape index (κ2) is 75.1. The number of aliphatic hydroxyl groups excluding tert-OH is 6. The molecule has 31 heteroatoms. The van der Waals surface area contributed by atoms with E-state index in [0.717, 1.165) is 231 Å². The normalized spacial score (nSPS) is 23.4. The number of esters is 4. The molecule has 0 radical (unpaired) electrons. The van der Waals surface area contributed by atoms with Crippen LogP contribution in [-0.4, -0.2) is 225 Å². The summed E-state index contributed by atoms with van der Waals surface area (Å²) < 4.78 is 80.7. The van der Waals surface area contributed by atoms with E-state index in [2.05, 4.69) is 57.5 Å². The highest BCUT2D eigenvalue weighted by atomic mass is 31.2. The van der Waals surface area contributed by atoms with Gasteiger partial charge in [0, 0.05) is 26.5 Å². The van der Waals surface area contributed by atoms with Crippen molar-refractivity contribution in [2.45, 2.75) is 557 Å². The van der Waals surface area contributed by atoms with Gasteiger partial charge >= 0.3 is 31.7 Å². The van der Waals surface area contributed by atoms with Gasteiger partial charge in [0.15, 0.2) is 31.1 Å². The lowest BCUT2D eigenvalue weighted by Gasteiger charge is -2.47. The number of ether oxygens (including phenoxy) is 10. The molecule has 129 heavy (non-hydrogen) atoms. The van der Waals surface area contributed by atoms with E-state index in [1.165, 1.54) is 65.4 Å². The Hall–Kier alpha value is -4.08. The maximum absolute atomic E-state index is 15.3. The summed E-state index contributed by atoms with van der Waals surface area (Å²) in [5.41, 5.74) is 0. The summed E-state index contributed by atoms with van der Waals surface area (Å²) in [6.45, 7) is 12.4. The standard InChI is InChI=1S/C98H182N3O27P/c1-9-15-21-27-33-37-43-49-55-61-76(122-83(107)63-57-51-45-39-35-29-23-17-11-3)69-81(105)100-87-94(126-85(109)67-74(102)59-53-47-41-31-25-19-13-5)90(112)79(125-96(87)118-8)72-120-97-88(101-82(106)70-77(62-56-50-44-38-34-28-22-16-10-2)123-84(108)64-58-52-46-40-36-30-24-18-12-4)95(127-86(110)68-75(103)60-54-48-42-32-26-20-14-6)93(128-129(115,116)117)78(124-97)71-99-80(104)65-66-119-98-92(114)91(113)89(111)73(7)121-98/h73-79,87-98,102-103,111-114H,9-72H2,1-8H3,(H,99,104)(H,100,105)(H,101,106)(H2,115,116,117)/t73-,74+,75+,76+,77+,78+,79+,87+,88+,89-,90+,91+,92+,93+,94+,95+,96+,97+,98-/m0/s1. The molecule has 3 rings (SSSR count). The highest BCUT2D eigenvalue weighted by Gasteiger charge is 2.55. The molecule has 0 unspecified atom stereocenters. The number of aliphatic hydroxyl groups is 6. The van der Waals surface area contributed by atoms with Crippen LogP contribution < -0.4 is 16.0 Å². The Bertz CT molecular complexity index is 2910. The van der Waals surface area contributed by atoms with Crippen LogP contribution in [-0.2, 0) is 90.0 Å². The largest absolute Gasteiger partial charge is 0.470 e. The van der Waals surface area contributed by atoms with E-state index in [1.807, 2.05) is 0 Å². The second-order valence-corrected chi connectivity index (χ2v) is 38.2. The molecule has 756 valence electrons. The van der Waals surface area contributed by atoms with Gasteiger partial charge in [-0.25, -0.2) is 4.57 Å². The number of carbonyl (C=O) groups is 7. The van der Waals surface area contributed by atoms with Gasteiger partial charge in [0.25, 0.3) is 0 Å². The molecule has 0 aromatic rings. The average molecular weight is 1870 g/mol. The van der Waals surface area contributed by atoms with Crippen molar-refractivity contribution in [2.24, 2.45) is 0 Å². The smallest absolute Gasteiger partial charge is 0.462 e. The number of carbonyl (C=O) groups excluding carboxylic acids is 7. The molecule has 3 aliphatic rings. The van der Waals surface area contributed by atoms with Gasteiger partial charge in [0.05, 0.1) is 63.6 Å². The maximum atomic E-state index is 15.3. The third-order valence-electron chi connectivity index (χ3n) is 25.1. The lowest BCUT2D eigenvalue weighted by atomic mass is 9.94. The van der Waals surface area contributed by atoms with Crippen LogP contribution in [0.5, 0.6) is 0 Å². The van der Waals surface area contributed by atoms with Crippen LogP contribution in [0.25, 0.3) is 0 Å². The molecule has 30 nitrogen and oxygen atoms in total. The summed E-state index contributed by atoms with van der Waals surface area (Å²) in [4.78, 5) is 123. The lowest BCUT2D eigenvalue weighted by molar-refractivity contribution is -0.299. The van der Waals surface area contributed by atoms with Gasteiger partial charge in [0.1, 0.15) is 67.0 Å². The third-order valence-corrected chi connectivity index (χ3v) is 25.6. The van der Waals surface area contributed by atoms with Crippen molar-refractivity contribution in [3.63, 3.8) is 0 Å². The first-order chi connectivity index (χ1) is 62.2. The van der Waals surface area contributed by atoms with Crippen molar-refractivity contribution in [1.29, 1.82) is 0 Å². The van der Waals surface area contributed by atoms with Crippen molar-refractivity contribution in [1.82, 2.24) is 16.0 Å². The number of hydrogen-bond donors (Lipinski definition) is 11. The first-order valence-corrected chi connectivity index (χ1v) is 52.9. The van der Waals surface area contributed by atoms with Crippen molar-refractivity contribution >= 4 is 49.4 Å². The zero-order valence-electron chi connectivity index (χ0n) is 81.0. The molecule has 0 aliphatic carbocycles. The number of amides is 3. The maximum Gasteiger partial charge on any atom is 0.470 e. The molecule has 3 aliphatic heterocycles. The van der Waals surface area contributed by atoms with Gasteiger partial charge in [-0.1, -0.05) is 337 Å². The van der Waals surface area contributed by atoms with Crippen molar-refractivity contribution in [3.05, 3.63) is 0 Å². The number of phosphoric ester groups is 1. The average Bonchev–Trinajstić information content (AvgIpc) is 0.753. The number of methoxy groups -OCH3 is 1. The van der Waals surface area contributed by atoms with Gasteiger partial charge in [-0.2, -0.15) is 0 Å². The fraction of sp³-hybridized carbons (Fsp3) is 0.929. The minimum absolute atomic E-state index is 0.0870. The molecular weight excluding hydrogens is 1680 g/mol. The minimum atomic E-state index is -5.75. The van der Waals surface area contributed by atoms with Crippen LogP contribution in [0.2, 0.25) is 0 Å². The summed E-state index contributed by atoms with van der Waals surface area (Å²) in [6.07, 6.45) is 21.8. The molecular formula is C98H182N3O27P. The third kappa shape index (κ3) is 56.3. The van der Waals surface area contributed by atoms with Crippen molar-refractivity contribution in [2.75, 3.05) is 26.9 Å². The Balaban J connectivity index is 2.25. The highest BCUT2D eigenvalue weighted by Crippen LogP contribution is 2.43. The highest BCUT2D eigenvalue weighted by molar-refractivity contribution is 7.46. The number of nitrogens with one attached hydrogen (secondary N) is 3. The molecule has 0 spiro atoms. The van der Waals surface area contributed by atoms with E-state index in [0.29, 0.717) is 44.9 Å². The minimum Gasteiger partial charge on any atom is -0.462 e. The Morgan fingerprint density at radius 3 is 1.09 bits per heavy atom. The first-order valence-electron chi connectivity index (χ1n) is 51.4. The molecule has 3 heterocycles. The lowest BCUT2D eigenvalue weighted by Crippen LogP contribution is -2.68. The molecule has 3 saturated heterocycles. The number of unbranched alkanes of at least 4 members (excludes halogenated alkanes) is 44. The fourth-order valence-electron chi connectivity index (χ4n) is 17.2. The predicted molar refractivity (Wildman–Crippen MR) is 496 cm³/mol. The summed E-state index contributed by atoms with van der Waals surface area (Å²) in [7, 11) is -4.50. The van der Waals surface area contributed by atoms with Crippen molar-refractivity contribution < 1.29 is 130 Å². The monoisotopic (exact) mass is 1860 g/mol. The molecule has 0 aromatic carbocycles. The van der Waals surface area contributed by atoms with Crippen LogP contribution in [0.3, 0.4) is 0 Å². The van der Waals surface area contributed by atoms with E-state index in [-0.39, 0.29) is 38.5 Å². The van der Waals surface area contributed by atoms with E-state index >= 15 is 4.79 Å². The molecule has 11 N–H and O–H groups in total. The van der Waals surface area contributed by atoms with E-state index in [9.17, 15) is 73.8 Å². The van der Waals surface area contributed by atoms with Gasteiger partial charge in [-0.15, -0.1) is 0 Å². The van der Waals surface area contributed by atoms with Crippen LogP contribution in [0.1, 0.15) is 440 Å². The fourth-order valence-corrected chi connectivity index (χ4v) is 17.8. The summed E-state index contributed by atoms with van der Waals surface area (Å²) in [6, 6.07) is -3.38. The number of rotatable bonds is 82.